The number of ether oxygens (including phenoxy) is 1. The van der Waals surface area contributed by atoms with Crippen LogP contribution in [0.4, 0.5) is 0 Å². The second-order valence-corrected chi connectivity index (χ2v) is 6.34. The monoisotopic (exact) mass is 315 g/mol. The largest absolute Gasteiger partial charge is 0.377 e. The highest BCUT2D eigenvalue weighted by Gasteiger charge is 2.55. The first kappa shape index (κ1) is 14.4. The summed E-state index contributed by atoms with van der Waals surface area (Å²) in [6.07, 6.45) is 3.86. The Labute approximate surface area is 133 Å². The van der Waals surface area contributed by atoms with Gasteiger partial charge in [0.1, 0.15) is 0 Å². The Morgan fingerprint density at radius 1 is 1.13 bits per heavy atom. The number of fused-ring (bicyclic) bond motifs is 1. The highest BCUT2D eigenvalue weighted by atomic mass is 16.7. The predicted molar refractivity (Wildman–Crippen MR) is 78.3 cm³/mol. The molecule has 1 aliphatic carbocycles. The number of rotatable bonds is 3. The summed E-state index contributed by atoms with van der Waals surface area (Å²) >= 11 is 0. The SMILES string of the molecule is O=C1c2ccccc2C(=O)N1OC(=O)C1(C2CCCO2)CCC1. The molecule has 1 unspecified atom stereocenters. The number of imide groups is 1. The summed E-state index contributed by atoms with van der Waals surface area (Å²) in [5, 5.41) is 0.599. The fraction of sp³-hybridized carbons (Fsp3) is 0.471. The summed E-state index contributed by atoms with van der Waals surface area (Å²) in [6, 6.07) is 6.47. The average Bonchev–Trinajstić information content (AvgIpc) is 3.11. The molecule has 6 heteroatoms. The van der Waals surface area contributed by atoms with Gasteiger partial charge >= 0.3 is 5.97 Å². The van der Waals surface area contributed by atoms with Crippen LogP contribution in [0.2, 0.25) is 0 Å². The Hall–Kier alpha value is -2.21. The maximum atomic E-state index is 12.7. The molecule has 1 saturated carbocycles. The van der Waals surface area contributed by atoms with Crippen molar-refractivity contribution >= 4 is 17.8 Å². The van der Waals surface area contributed by atoms with Gasteiger partial charge in [-0.15, -0.1) is 0 Å². The van der Waals surface area contributed by atoms with Crippen molar-refractivity contribution in [2.24, 2.45) is 5.41 Å². The number of benzene rings is 1. The molecule has 0 radical (unpaired) electrons. The fourth-order valence-corrected chi connectivity index (χ4v) is 3.65. The van der Waals surface area contributed by atoms with Crippen LogP contribution in [-0.2, 0) is 14.4 Å². The van der Waals surface area contributed by atoms with E-state index in [-0.39, 0.29) is 17.2 Å². The zero-order valence-electron chi connectivity index (χ0n) is 12.6. The summed E-state index contributed by atoms with van der Waals surface area (Å²) in [7, 11) is 0. The van der Waals surface area contributed by atoms with Crippen molar-refractivity contribution in [2.45, 2.75) is 38.2 Å². The maximum absolute atomic E-state index is 12.7. The van der Waals surface area contributed by atoms with E-state index in [2.05, 4.69) is 0 Å². The summed E-state index contributed by atoms with van der Waals surface area (Å²) in [5.74, 6) is -1.69. The summed E-state index contributed by atoms with van der Waals surface area (Å²) in [6.45, 7) is 0.646. The molecule has 1 aromatic carbocycles. The minimum absolute atomic E-state index is 0.168. The molecular formula is C17H17NO5. The van der Waals surface area contributed by atoms with E-state index in [1.807, 2.05) is 0 Å². The molecule has 1 aromatic rings. The van der Waals surface area contributed by atoms with Crippen LogP contribution in [0.3, 0.4) is 0 Å². The first-order valence-corrected chi connectivity index (χ1v) is 7.95. The second kappa shape index (κ2) is 5.16. The van der Waals surface area contributed by atoms with E-state index >= 15 is 0 Å². The fourth-order valence-electron chi connectivity index (χ4n) is 3.65. The zero-order chi connectivity index (χ0) is 16.0. The smallest absolute Gasteiger partial charge is 0.341 e. The van der Waals surface area contributed by atoms with Gasteiger partial charge in [0.15, 0.2) is 0 Å². The molecule has 2 heterocycles. The van der Waals surface area contributed by atoms with Gasteiger partial charge < -0.3 is 9.57 Å². The van der Waals surface area contributed by atoms with Crippen molar-refractivity contribution in [2.75, 3.05) is 6.61 Å². The lowest BCUT2D eigenvalue weighted by molar-refractivity contribution is -0.197. The Morgan fingerprint density at radius 2 is 1.78 bits per heavy atom. The topological polar surface area (TPSA) is 72.9 Å². The third-order valence-corrected chi connectivity index (χ3v) is 5.13. The van der Waals surface area contributed by atoms with Gasteiger partial charge in [0.2, 0.25) is 0 Å². The Kier molecular flexibility index (Phi) is 3.23. The molecule has 1 atom stereocenters. The standard InChI is InChI=1S/C17H17NO5/c19-14-11-5-1-2-6-12(11)15(20)18(14)23-16(21)17(8-4-9-17)13-7-3-10-22-13/h1-2,5-6,13H,3-4,7-10H2. The molecule has 1 saturated heterocycles. The van der Waals surface area contributed by atoms with Gasteiger partial charge in [-0.3, -0.25) is 9.59 Å². The molecule has 2 amide bonds. The van der Waals surface area contributed by atoms with Gasteiger partial charge in [-0.25, -0.2) is 4.79 Å². The third kappa shape index (κ3) is 2.01. The first-order valence-electron chi connectivity index (χ1n) is 7.95. The lowest BCUT2D eigenvalue weighted by Crippen LogP contribution is -2.51. The molecule has 0 bridgehead atoms. The Morgan fingerprint density at radius 3 is 2.26 bits per heavy atom. The number of nitrogens with zero attached hydrogens (tertiary/aromatic N) is 1. The Balaban J connectivity index is 1.55. The molecular weight excluding hydrogens is 298 g/mol. The molecule has 23 heavy (non-hydrogen) atoms. The van der Waals surface area contributed by atoms with Crippen LogP contribution in [0.5, 0.6) is 0 Å². The van der Waals surface area contributed by atoms with Crippen LogP contribution in [0.15, 0.2) is 24.3 Å². The molecule has 2 aliphatic heterocycles. The number of carbonyl (C=O) groups excluding carboxylic acids is 3. The van der Waals surface area contributed by atoms with Crippen LogP contribution in [0.1, 0.15) is 52.8 Å². The molecule has 2 fully saturated rings. The van der Waals surface area contributed by atoms with Crippen molar-refractivity contribution in [1.29, 1.82) is 0 Å². The van der Waals surface area contributed by atoms with Crippen molar-refractivity contribution in [3.8, 4) is 0 Å². The molecule has 120 valence electrons. The van der Waals surface area contributed by atoms with Gasteiger partial charge in [0, 0.05) is 6.61 Å². The predicted octanol–water partition coefficient (Wildman–Crippen LogP) is 2.09. The van der Waals surface area contributed by atoms with Crippen molar-refractivity contribution in [3.63, 3.8) is 0 Å². The van der Waals surface area contributed by atoms with E-state index in [4.69, 9.17) is 9.57 Å². The van der Waals surface area contributed by atoms with Crippen molar-refractivity contribution in [1.82, 2.24) is 5.06 Å². The highest BCUT2D eigenvalue weighted by molar-refractivity contribution is 6.20. The summed E-state index contributed by atoms with van der Waals surface area (Å²) < 4.78 is 5.67. The number of hydroxylamine groups is 2. The Bertz CT molecular complexity index is 653. The van der Waals surface area contributed by atoms with Crippen LogP contribution >= 0.6 is 0 Å². The lowest BCUT2D eigenvalue weighted by atomic mass is 9.64. The molecule has 6 nitrogen and oxygen atoms in total. The molecule has 0 aromatic heterocycles. The molecule has 4 rings (SSSR count). The average molecular weight is 315 g/mol. The van der Waals surface area contributed by atoms with E-state index in [0.717, 1.165) is 19.3 Å². The lowest BCUT2D eigenvalue weighted by Gasteiger charge is -2.43. The van der Waals surface area contributed by atoms with E-state index in [1.54, 1.807) is 24.3 Å². The van der Waals surface area contributed by atoms with Crippen LogP contribution in [0.25, 0.3) is 0 Å². The number of amides is 2. The van der Waals surface area contributed by atoms with Gasteiger partial charge in [-0.05, 0) is 37.8 Å². The van der Waals surface area contributed by atoms with Gasteiger partial charge in [-0.2, -0.15) is 0 Å². The number of hydrogen-bond donors (Lipinski definition) is 0. The minimum Gasteiger partial charge on any atom is -0.377 e. The molecule has 0 spiro atoms. The summed E-state index contributed by atoms with van der Waals surface area (Å²) in [5.41, 5.74) is -0.165. The van der Waals surface area contributed by atoms with Crippen molar-refractivity contribution in [3.05, 3.63) is 35.4 Å². The normalized spacial score (nSPS) is 25.2. The summed E-state index contributed by atoms with van der Waals surface area (Å²) in [4.78, 5) is 42.5. The van der Waals surface area contributed by atoms with Crippen LogP contribution in [-0.4, -0.2) is 35.6 Å². The molecule has 3 aliphatic rings. The van der Waals surface area contributed by atoms with Crippen LogP contribution < -0.4 is 0 Å². The minimum atomic E-state index is -0.703. The quantitative estimate of drug-likeness (QED) is 0.799. The van der Waals surface area contributed by atoms with E-state index in [1.165, 1.54) is 0 Å². The van der Waals surface area contributed by atoms with Gasteiger partial charge in [-0.1, -0.05) is 23.6 Å². The van der Waals surface area contributed by atoms with E-state index < -0.39 is 23.2 Å². The third-order valence-electron chi connectivity index (χ3n) is 5.13. The van der Waals surface area contributed by atoms with Gasteiger partial charge in [0.05, 0.1) is 22.6 Å². The van der Waals surface area contributed by atoms with Crippen LogP contribution in [0, 0.1) is 5.41 Å². The maximum Gasteiger partial charge on any atom is 0.341 e. The van der Waals surface area contributed by atoms with Crippen molar-refractivity contribution < 1.29 is 24.0 Å². The first-order chi connectivity index (χ1) is 11.1. The molecule has 0 N–H and O–H groups in total. The zero-order valence-corrected chi connectivity index (χ0v) is 12.6. The highest BCUT2D eigenvalue weighted by Crippen LogP contribution is 2.49. The number of carbonyl (C=O) groups is 3. The van der Waals surface area contributed by atoms with E-state index in [9.17, 15) is 14.4 Å². The van der Waals surface area contributed by atoms with E-state index in [0.29, 0.717) is 24.5 Å². The van der Waals surface area contributed by atoms with Gasteiger partial charge in [0.25, 0.3) is 11.8 Å². The second-order valence-electron chi connectivity index (χ2n) is 6.34. The number of hydrogen-bond acceptors (Lipinski definition) is 5.